The minimum Gasteiger partial charge on any atom is -0.492 e. The first-order valence-corrected chi connectivity index (χ1v) is 9.02. The topological polar surface area (TPSA) is 66.0 Å². The third-order valence-corrected chi connectivity index (χ3v) is 3.97. The molecule has 0 aliphatic carbocycles. The van der Waals surface area contributed by atoms with Crippen LogP contribution in [0.4, 0.5) is 5.69 Å². The van der Waals surface area contributed by atoms with Gasteiger partial charge in [-0.1, -0.05) is 29.8 Å². The summed E-state index contributed by atoms with van der Waals surface area (Å²) in [6.45, 7) is 3.26. The van der Waals surface area contributed by atoms with Gasteiger partial charge in [-0.2, -0.15) is 0 Å². The first kappa shape index (κ1) is 20.6. The van der Waals surface area contributed by atoms with Gasteiger partial charge >= 0.3 is 0 Å². The SMILES string of the molecule is CN=C(NCCOc1cccc(NC(C)=O)c1)N(C)Cc1ccc(Cl)cc1. The van der Waals surface area contributed by atoms with Gasteiger partial charge in [-0.3, -0.25) is 9.79 Å². The van der Waals surface area contributed by atoms with Crippen LogP contribution in [0.15, 0.2) is 53.5 Å². The third kappa shape index (κ3) is 7.19. The Morgan fingerprint density at radius 2 is 1.96 bits per heavy atom. The number of carbonyl (C=O) groups excluding carboxylic acids is 1. The monoisotopic (exact) mass is 388 g/mol. The van der Waals surface area contributed by atoms with Gasteiger partial charge in [0.05, 0.1) is 6.54 Å². The average molecular weight is 389 g/mol. The molecule has 0 atom stereocenters. The highest BCUT2D eigenvalue weighted by atomic mass is 35.5. The Hall–Kier alpha value is -2.73. The van der Waals surface area contributed by atoms with Gasteiger partial charge in [0, 0.05) is 44.3 Å². The third-order valence-electron chi connectivity index (χ3n) is 3.71. The molecule has 0 heterocycles. The lowest BCUT2D eigenvalue weighted by atomic mass is 10.2. The Morgan fingerprint density at radius 1 is 1.22 bits per heavy atom. The number of amides is 1. The van der Waals surface area contributed by atoms with Crippen LogP contribution in [0, 0.1) is 0 Å². The zero-order valence-corrected chi connectivity index (χ0v) is 16.6. The molecule has 0 unspecified atom stereocenters. The number of nitrogens with one attached hydrogen (secondary N) is 2. The number of nitrogens with zero attached hydrogens (tertiary/aromatic N) is 2. The van der Waals surface area contributed by atoms with Crippen molar-refractivity contribution in [2.24, 2.45) is 4.99 Å². The van der Waals surface area contributed by atoms with Crippen LogP contribution in [0.25, 0.3) is 0 Å². The van der Waals surface area contributed by atoms with E-state index in [0.717, 1.165) is 23.1 Å². The fraction of sp³-hybridized carbons (Fsp3) is 0.300. The number of hydrogen-bond donors (Lipinski definition) is 2. The van der Waals surface area contributed by atoms with E-state index in [1.165, 1.54) is 6.92 Å². The van der Waals surface area contributed by atoms with Crippen molar-refractivity contribution in [1.29, 1.82) is 0 Å². The lowest BCUT2D eigenvalue weighted by Gasteiger charge is -2.22. The maximum absolute atomic E-state index is 11.1. The lowest BCUT2D eigenvalue weighted by molar-refractivity contribution is -0.114. The summed E-state index contributed by atoms with van der Waals surface area (Å²) in [6, 6.07) is 15.1. The van der Waals surface area contributed by atoms with Crippen molar-refractivity contribution in [2.45, 2.75) is 13.5 Å². The van der Waals surface area contributed by atoms with Crippen LogP contribution in [0.5, 0.6) is 5.75 Å². The van der Waals surface area contributed by atoms with Gasteiger partial charge in [-0.15, -0.1) is 0 Å². The zero-order valence-electron chi connectivity index (χ0n) is 15.8. The number of aliphatic imine (C=N–C) groups is 1. The summed E-state index contributed by atoms with van der Waals surface area (Å²) < 4.78 is 5.73. The molecule has 2 N–H and O–H groups in total. The van der Waals surface area contributed by atoms with Gasteiger partial charge in [-0.25, -0.2) is 0 Å². The maximum Gasteiger partial charge on any atom is 0.221 e. The predicted molar refractivity (Wildman–Crippen MR) is 111 cm³/mol. The van der Waals surface area contributed by atoms with Gasteiger partial charge < -0.3 is 20.3 Å². The van der Waals surface area contributed by atoms with Crippen LogP contribution in [0.2, 0.25) is 5.02 Å². The molecule has 0 bridgehead atoms. The van der Waals surface area contributed by atoms with E-state index in [1.807, 2.05) is 54.4 Å². The lowest BCUT2D eigenvalue weighted by Crippen LogP contribution is -2.40. The molecule has 0 aromatic heterocycles. The van der Waals surface area contributed by atoms with E-state index in [4.69, 9.17) is 16.3 Å². The van der Waals surface area contributed by atoms with Crippen LogP contribution in [0.1, 0.15) is 12.5 Å². The van der Waals surface area contributed by atoms with Crippen molar-refractivity contribution in [3.63, 3.8) is 0 Å². The van der Waals surface area contributed by atoms with E-state index in [0.29, 0.717) is 24.6 Å². The summed E-state index contributed by atoms with van der Waals surface area (Å²) >= 11 is 5.92. The van der Waals surface area contributed by atoms with E-state index >= 15 is 0 Å². The highest BCUT2D eigenvalue weighted by Crippen LogP contribution is 2.17. The van der Waals surface area contributed by atoms with E-state index in [9.17, 15) is 4.79 Å². The van der Waals surface area contributed by atoms with Crippen molar-refractivity contribution < 1.29 is 9.53 Å². The molecule has 0 saturated carbocycles. The van der Waals surface area contributed by atoms with Gasteiger partial charge in [0.2, 0.25) is 5.91 Å². The summed E-state index contributed by atoms with van der Waals surface area (Å²) in [7, 11) is 3.72. The Bertz CT molecular complexity index is 778. The van der Waals surface area contributed by atoms with E-state index in [2.05, 4.69) is 15.6 Å². The first-order chi connectivity index (χ1) is 13.0. The first-order valence-electron chi connectivity index (χ1n) is 8.64. The fourth-order valence-electron chi connectivity index (χ4n) is 2.52. The molecule has 27 heavy (non-hydrogen) atoms. The fourth-order valence-corrected chi connectivity index (χ4v) is 2.65. The van der Waals surface area contributed by atoms with Gasteiger partial charge in [0.1, 0.15) is 12.4 Å². The molecular weight excluding hydrogens is 364 g/mol. The van der Waals surface area contributed by atoms with Crippen molar-refractivity contribution in [3.8, 4) is 5.75 Å². The standard InChI is InChI=1S/C20H25ClN4O2/c1-15(26)24-18-5-4-6-19(13-18)27-12-11-23-20(22-2)25(3)14-16-7-9-17(21)10-8-16/h4-10,13H,11-12,14H2,1-3H3,(H,22,23)(H,24,26). The van der Waals surface area contributed by atoms with Crippen LogP contribution in [0.3, 0.4) is 0 Å². The van der Waals surface area contributed by atoms with E-state index in [-0.39, 0.29) is 5.91 Å². The van der Waals surface area contributed by atoms with Crippen molar-refractivity contribution in [1.82, 2.24) is 10.2 Å². The Balaban J connectivity index is 1.79. The molecule has 2 aromatic carbocycles. The number of halogens is 1. The van der Waals surface area contributed by atoms with Gasteiger partial charge in [0.15, 0.2) is 5.96 Å². The normalized spacial score (nSPS) is 11.0. The smallest absolute Gasteiger partial charge is 0.221 e. The van der Waals surface area contributed by atoms with Crippen LogP contribution < -0.4 is 15.4 Å². The van der Waals surface area contributed by atoms with E-state index < -0.39 is 0 Å². The molecule has 144 valence electrons. The summed E-state index contributed by atoms with van der Waals surface area (Å²) in [5.41, 5.74) is 1.86. The molecule has 2 rings (SSSR count). The second kappa shape index (κ2) is 10.4. The molecule has 6 nitrogen and oxygen atoms in total. The summed E-state index contributed by atoms with van der Waals surface area (Å²) in [5, 5.41) is 6.73. The second-order valence-corrected chi connectivity index (χ2v) is 6.45. The summed E-state index contributed by atoms with van der Waals surface area (Å²) in [5.74, 6) is 1.37. The second-order valence-electron chi connectivity index (χ2n) is 6.01. The number of anilines is 1. The molecule has 0 aliphatic heterocycles. The Labute approximate surface area is 165 Å². The van der Waals surface area contributed by atoms with Crippen molar-refractivity contribution in [3.05, 3.63) is 59.1 Å². The van der Waals surface area contributed by atoms with E-state index in [1.54, 1.807) is 13.1 Å². The number of ether oxygens (including phenoxy) is 1. The van der Waals surface area contributed by atoms with Crippen LogP contribution in [-0.4, -0.2) is 44.0 Å². The predicted octanol–water partition coefficient (Wildman–Crippen LogP) is 3.38. The van der Waals surface area contributed by atoms with Gasteiger partial charge in [-0.05, 0) is 29.8 Å². The molecule has 0 aliphatic rings. The molecule has 2 aromatic rings. The quantitative estimate of drug-likeness (QED) is 0.433. The highest BCUT2D eigenvalue weighted by molar-refractivity contribution is 6.30. The van der Waals surface area contributed by atoms with Gasteiger partial charge in [0.25, 0.3) is 0 Å². The Kier molecular flexibility index (Phi) is 7.95. The molecule has 0 spiro atoms. The van der Waals surface area contributed by atoms with Crippen molar-refractivity contribution >= 4 is 29.2 Å². The highest BCUT2D eigenvalue weighted by Gasteiger charge is 2.06. The molecule has 0 saturated heterocycles. The molecule has 0 fully saturated rings. The minimum atomic E-state index is -0.110. The number of hydrogen-bond acceptors (Lipinski definition) is 3. The number of benzene rings is 2. The molecule has 1 amide bonds. The van der Waals surface area contributed by atoms with Crippen LogP contribution in [-0.2, 0) is 11.3 Å². The molecular formula is C20H25ClN4O2. The molecule has 7 heteroatoms. The summed E-state index contributed by atoms with van der Waals surface area (Å²) in [4.78, 5) is 17.4. The largest absolute Gasteiger partial charge is 0.492 e. The Morgan fingerprint density at radius 3 is 2.63 bits per heavy atom. The zero-order chi connectivity index (χ0) is 19.6. The number of guanidine groups is 1. The summed E-state index contributed by atoms with van der Waals surface area (Å²) in [6.07, 6.45) is 0. The number of rotatable bonds is 7. The molecule has 0 radical (unpaired) electrons. The maximum atomic E-state index is 11.1. The minimum absolute atomic E-state index is 0.110. The van der Waals surface area contributed by atoms with Crippen LogP contribution >= 0.6 is 11.6 Å². The van der Waals surface area contributed by atoms with Crippen molar-refractivity contribution in [2.75, 3.05) is 32.6 Å². The number of carbonyl (C=O) groups is 1. The average Bonchev–Trinajstić information content (AvgIpc) is 2.63.